The Morgan fingerprint density at radius 2 is 1.95 bits per heavy atom. The molecule has 1 N–H and O–H groups in total. The summed E-state index contributed by atoms with van der Waals surface area (Å²) in [6.07, 6.45) is 10.0. The van der Waals surface area contributed by atoms with Gasteiger partial charge in [-0.3, -0.25) is 4.90 Å². The number of hydrogen-bond donors (Lipinski definition) is 1. The first kappa shape index (κ1) is 15.3. The van der Waals surface area contributed by atoms with E-state index in [-0.39, 0.29) is 0 Å². The first-order valence-corrected chi connectivity index (χ1v) is 8.40. The van der Waals surface area contributed by atoms with Crippen molar-refractivity contribution in [1.29, 1.82) is 0 Å². The number of likely N-dealkylation sites (N-methyl/N-ethyl adjacent to an activating group) is 1. The van der Waals surface area contributed by atoms with Crippen LogP contribution in [0.2, 0.25) is 0 Å². The Hall–Kier alpha value is -0.120. The molecule has 3 heteroatoms. The molecule has 2 unspecified atom stereocenters. The zero-order valence-corrected chi connectivity index (χ0v) is 12.9. The van der Waals surface area contributed by atoms with Crippen LogP contribution in [0.1, 0.15) is 58.8 Å². The summed E-state index contributed by atoms with van der Waals surface area (Å²) in [5.74, 6) is 0. The summed E-state index contributed by atoms with van der Waals surface area (Å²) >= 11 is 0. The van der Waals surface area contributed by atoms with Crippen LogP contribution in [-0.4, -0.2) is 49.3 Å². The molecule has 2 aliphatic rings. The summed E-state index contributed by atoms with van der Waals surface area (Å²) in [7, 11) is 0. The maximum Gasteiger partial charge on any atom is 0.0726 e. The van der Waals surface area contributed by atoms with Crippen LogP contribution in [0.5, 0.6) is 0 Å². The highest BCUT2D eigenvalue weighted by Crippen LogP contribution is 2.22. The summed E-state index contributed by atoms with van der Waals surface area (Å²) in [4.78, 5) is 2.67. The molecule has 1 aliphatic heterocycles. The van der Waals surface area contributed by atoms with E-state index in [1.165, 1.54) is 58.0 Å². The predicted octanol–water partition coefficient (Wildman–Crippen LogP) is 2.80. The zero-order valence-electron chi connectivity index (χ0n) is 12.9. The van der Waals surface area contributed by atoms with Crippen LogP contribution in [0.15, 0.2) is 0 Å². The first-order chi connectivity index (χ1) is 9.31. The molecule has 2 fully saturated rings. The zero-order chi connectivity index (χ0) is 13.5. The van der Waals surface area contributed by atoms with E-state index in [1.807, 2.05) is 0 Å². The van der Waals surface area contributed by atoms with Gasteiger partial charge in [-0.25, -0.2) is 0 Å². The molecule has 1 aliphatic carbocycles. The van der Waals surface area contributed by atoms with Gasteiger partial charge in [0, 0.05) is 31.8 Å². The van der Waals surface area contributed by atoms with E-state index < -0.39 is 0 Å². The van der Waals surface area contributed by atoms with Crippen molar-refractivity contribution in [1.82, 2.24) is 10.2 Å². The Morgan fingerprint density at radius 1 is 1.16 bits per heavy atom. The van der Waals surface area contributed by atoms with Gasteiger partial charge in [0.25, 0.3) is 0 Å². The van der Waals surface area contributed by atoms with Crippen molar-refractivity contribution in [2.45, 2.75) is 77.0 Å². The second-order valence-electron chi connectivity index (χ2n) is 6.21. The van der Waals surface area contributed by atoms with Gasteiger partial charge in [-0.1, -0.05) is 26.2 Å². The molecule has 1 saturated heterocycles. The lowest BCUT2D eigenvalue weighted by Crippen LogP contribution is -2.44. The molecule has 0 radical (unpaired) electrons. The second kappa shape index (κ2) is 8.23. The number of rotatable bonds is 7. The molecular formula is C16H32N2O. The summed E-state index contributed by atoms with van der Waals surface area (Å²) < 4.78 is 5.74. The fraction of sp³-hybridized carbons (Fsp3) is 1.00. The van der Waals surface area contributed by atoms with Crippen molar-refractivity contribution in [3.63, 3.8) is 0 Å². The third kappa shape index (κ3) is 4.73. The van der Waals surface area contributed by atoms with E-state index in [2.05, 4.69) is 24.1 Å². The van der Waals surface area contributed by atoms with Crippen LogP contribution in [0, 0.1) is 0 Å². The van der Waals surface area contributed by atoms with Crippen molar-refractivity contribution in [3.05, 3.63) is 0 Å². The fourth-order valence-electron chi connectivity index (χ4n) is 3.61. The van der Waals surface area contributed by atoms with E-state index in [9.17, 15) is 0 Å². The number of nitrogens with one attached hydrogen (secondary N) is 1. The van der Waals surface area contributed by atoms with Crippen LogP contribution >= 0.6 is 0 Å². The summed E-state index contributed by atoms with van der Waals surface area (Å²) in [5, 5.41) is 3.66. The van der Waals surface area contributed by atoms with Gasteiger partial charge in [0.15, 0.2) is 0 Å². The van der Waals surface area contributed by atoms with Crippen molar-refractivity contribution in [3.8, 4) is 0 Å². The fourth-order valence-corrected chi connectivity index (χ4v) is 3.61. The molecule has 0 aromatic carbocycles. The predicted molar refractivity (Wildman–Crippen MR) is 80.6 cm³/mol. The van der Waals surface area contributed by atoms with Crippen LogP contribution in [0.25, 0.3) is 0 Å². The Bertz CT molecular complexity index is 235. The number of nitrogens with zero attached hydrogens (tertiary/aromatic N) is 1. The van der Waals surface area contributed by atoms with Gasteiger partial charge in [-0.2, -0.15) is 0 Å². The van der Waals surface area contributed by atoms with Crippen molar-refractivity contribution in [2.24, 2.45) is 0 Å². The van der Waals surface area contributed by atoms with Gasteiger partial charge >= 0.3 is 0 Å². The molecule has 2 atom stereocenters. The first-order valence-electron chi connectivity index (χ1n) is 8.40. The van der Waals surface area contributed by atoms with E-state index >= 15 is 0 Å². The molecule has 19 heavy (non-hydrogen) atoms. The summed E-state index contributed by atoms with van der Waals surface area (Å²) in [6.45, 7) is 9.02. The number of ether oxygens (including phenoxy) is 1. The highest BCUT2D eigenvalue weighted by atomic mass is 16.5. The third-order valence-corrected chi connectivity index (χ3v) is 4.89. The van der Waals surface area contributed by atoms with Crippen LogP contribution in [0.3, 0.4) is 0 Å². The van der Waals surface area contributed by atoms with Crippen LogP contribution < -0.4 is 5.32 Å². The molecule has 0 bridgehead atoms. The normalized spacial score (nSPS) is 27.0. The lowest BCUT2D eigenvalue weighted by molar-refractivity contribution is 0.0811. The van der Waals surface area contributed by atoms with Gasteiger partial charge in [0.1, 0.15) is 0 Å². The van der Waals surface area contributed by atoms with Crippen molar-refractivity contribution in [2.75, 3.05) is 26.2 Å². The highest BCUT2D eigenvalue weighted by Gasteiger charge is 2.23. The molecular weight excluding hydrogens is 236 g/mol. The van der Waals surface area contributed by atoms with Crippen LogP contribution in [0.4, 0.5) is 0 Å². The van der Waals surface area contributed by atoms with E-state index in [1.54, 1.807) is 0 Å². The van der Waals surface area contributed by atoms with Gasteiger partial charge in [0.05, 0.1) is 6.10 Å². The topological polar surface area (TPSA) is 24.5 Å². The smallest absolute Gasteiger partial charge is 0.0726 e. The molecule has 0 aromatic rings. The largest absolute Gasteiger partial charge is 0.377 e. The second-order valence-corrected chi connectivity index (χ2v) is 6.21. The Balaban J connectivity index is 1.64. The Kier molecular flexibility index (Phi) is 6.62. The van der Waals surface area contributed by atoms with E-state index in [0.717, 1.165) is 19.2 Å². The number of hydrogen-bond acceptors (Lipinski definition) is 3. The lowest BCUT2D eigenvalue weighted by atomic mass is 9.94. The van der Waals surface area contributed by atoms with Gasteiger partial charge in [0.2, 0.25) is 0 Å². The minimum atomic E-state index is 0.449. The molecule has 0 aromatic heterocycles. The van der Waals surface area contributed by atoms with Crippen LogP contribution in [-0.2, 0) is 4.74 Å². The summed E-state index contributed by atoms with van der Waals surface area (Å²) in [6, 6.07) is 1.35. The molecule has 3 nitrogen and oxygen atoms in total. The Morgan fingerprint density at radius 3 is 2.58 bits per heavy atom. The summed E-state index contributed by atoms with van der Waals surface area (Å²) in [5.41, 5.74) is 0. The maximum atomic E-state index is 5.74. The third-order valence-electron chi connectivity index (χ3n) is 4.89. The maximum absolute atomic E-state index is 5.74. The molecule has 1 saturated carbocycles. The van der Waals surface area contributed by atoms with Gasteiger partial charge < -0.3 is 10.1 Å². The van der Waals surface area contributed by atoms with Gasteiger partial charge in [-0.15, -0.1) is 0 Å². The average molecular weight is 268 g/mol. The monoisotopic (exact) mass is 268 g/mol. The SMILES string of the molecule is CCN(CCNC(C)C1CCCO1)C1CCCCC1. The minimum absolute atomic E-state index is 0.449. The minimum Gasteiger partial charge on any atom is -0.377 e. The quantitative estimate of drug-likeness (QED) is 0.768. The van der Waals surface area contributed by atoms with Crippen molar-refractivity contribution < 1.29 is 4.74 Å². The Labute approximate surface area is 119 Å². The average Bonchev–Trinajstić information content (AvgIpc) is 2.98. The lowest BCUT2D eigenvalue weighted by Gasteiger charge is -2.34. The molecule has 2 rings (SSSR count). The van der Waals surface area contributed by atoms with Gasteiger partial charge in [-0.05, 0) is 39.2 Å². The standard InChI is InChI=1S/C16H32N2O/c1-3-18(15-8-5-4-6-9-15)12-11-17-14(2)16-10-7-13-19-16/h14-17H,3-13H2,1-2H3. The van der Waals surface area contributed by atoms with E-state index in [4.69, 9.17) is 4.74 Å². The molecule has 0 spiro atoms. The molecule has 112 valence electrons. The molecule has 0 amide bonds. The highest BCUT2D eigenvalue weighted by molar-refractivity contribution is 4.79. The van der Waals surface area contributed by atoms with E-state index in [0.29, 0.717) is 12.1 Å². The molecule has 1 heterocycles. The van der Waals surface area contributed by atoms with Crippen molar-refractivity contribution >= 4 is 0 Å².